The van der Waals surface area contributed by atoms with Crippen LogP contribution in [0, 0.1) is 5.92 Å². The van der Waals surface area contributed by atoms with E-state index in [4.69, 9.17) is 4.74 Å². The molecule has 0 aromatic rings. The van der Waals surface area contributed by atoms with Crippen molar-refractivity contribution in [1.82, 2.24) is 20.4 Å². The van der Waals surface area contributed by atoms with Crippen LogP contribution in [-0.2, 0) is 9.53 Å². The highest BCUT2D eigenvalue weighted by Crippen LogP contribution is 2.34. The standard InChI is InChI=1S/C24H42N4O3S/c1-31-15-7-14-28(16-18-8-6-13-27-12-5-4-9-20(18)27)22(29)11-3-2-10-21-23-19(17-32-21)25-24(30)26-23/h18-21,23H,2-17H2,1H3,(H2,25,26,30)/t18-,19-,20+,21?,23-/m0/s1. The summed E-state index contributed by atoms with van der Waals surface area (Å²) in [6.07, 6.45) is 11.1. The van der Waals surface area contributed by atoms with Gasteiger partial charge in [0.05, 0.1) is 12.1 Å². The fraction of sp³-hybridized carbons (Fsp3) is 0.917. The number of nitrogens with one attached hydrogen (secondary N) is 2. The van der Waals surface area contributed by atoms with Crippen molar-refractivity contribution in [3.05, 3.63) is 0 Å². The van der Waals surface area contributed by atoms with Crippen LogP contribution in [-0.4, -0.2) is 90.8 Å². The number of thioether (sulfide) groups is 1. The molecule has 4 aliphatic heterocycles. The lowest BCUT2D eigenvalue weighted by molar-refractivity contribution is -0.133. The Morgan fingerprint density at radius 2 is 2.03 bits per heavy atom. The highest BCUT2D eigenvalue weighted by atomic mass is 32.2. The average molecular weight is 467 g/mol. The van der Waals surface area contributed by atoms with Gasteiger partial charge in [-0.1, -0.05) is 12.8 Å². The molecule has 0 radical (unpaired) electrons. The number of urea groups is 1. The molecule has 4 rings (SSSR count). The van der Waals surface area contributed by atoms with E-state index < -0.39 is 0 Å². The number of ether oxygens (including phenoxy) is 1. The first-order valence-corrected chi connectivity index (χ1v) is 13.9. The number of rotatable bonds is 11. The molecule has 182 valence electrons. The summed E-state index contributed by atoms with van der Waals surface area (Å²) in [6.45, 7) is 4.94. The Bertz CT molecular complexity index is 634. The molecule has 5 atom stereocenters. The first-order chi connectivity index (χ1) is 15.7. The number of unbranched alkanes of at least 4 members (excludes halogenated alkanes) is 1. The van der Waals surface area contributed by atoms with Crippen LogP contribution < -0.4 is 10.6 Å². The third-order valence-corrected chi connectivity index (χ3v) is 9.39. The SMILES string of the molecule is COCCCN(C[C@@H]1CCCN2CCCC[C@H]12)C(=O)CCCCC1SC[C@@H]2NC(=O)N[C@H]12. The van der Waals surface area contributed by atoms with Crippen molar-refractivity contribution in [2.24, 2.45) is 5.92 Å². The number of amides is 3. The van der Waals surface area contributed by atoms with Crippen LogP contribution in [0.1, 0.15) is 64.2 Å². The lowest BCUT2D eigenvalue weighted by Gasteiger charge is -2.45. The van der Waals surface area contributed by atoms with Crippen LogP contribution >= 0.6 is 11.8 Å². The number of nitrogens with zero attached hydrogens (tertiary/aromatic N) is 2. The summed E-state index contributed by atoms with van der Waals surface area (Å²) in [4.78, 5) is 29.6. The summed E-state index contributed by atoms with van der Waals surface area (Å²) in [5.41, 5.74) is 0. The van der Waals surface area contributed by atoms with Crippen molar-refractivity contribution in [1.29, 1.82) is 0 Å². The van der Waals surface area contributed by atoms with E-state index in [-0.39, 0.29) is 18.1 Å². The maximum atomic E-state index is 13.2. The van der Waals surface area contributed by atoms with E-state index in [0.29, 0.717) is 36.1 Å². The molecule has 0 spiro atoms. The van der Waals surface area contributed by atoms with Crippen molar-refractivity contribution in [3.8, 4) is 0 Å². The monoisotopic (exact) mass is 466 g/mol. The molecule has 1 unspecified atom stereocenters. The number of carbonyl (C=O) groups is 2. The molecule has 4 aliphatic rings. The van der Waals surface area contributed by atoms with Crippen molar-refractivity contribution < 1.29 is 14.3 Å². The number of piperidine rings is 2. The van der Waals surface area contributed by atoms with Gasteiger partial charge < -0.3 is 25.2 Å². The third-order valence-electron chi connectivity index (χ3n) is 7.88. The molecule has 0 aromatic carbocycles. The van der Waals surface area contributed by atoms with E-state index in [9.17, 15) is 9.59 Å². The lowest BCUT2D eigenvalue weighted by Crippen LogP contribution is -2.51. The maximum absolute atomic E-state index is 13.2. The summed E-state index contributed by atoms with van der Waals surface area (Å²) >= 11 is 1.96. The van der Waals surface area contributed by atoms with E-state index in [0.717, 1.165) is 44.5 Å². The zero-order chi connectivity index (χ0) is 22.3. The molecule has 32 heavy (non-hydrogen) atoms. The summed E-state index contributed by atoms with van der Waals surface area (Å²) in [5.74, 6) is 1.95. The van der Waals surface area contributed by atoms with Gasteiger partial charge in [0.15, 0.2) is 0 Å². The number of hydrogen-bond donors (Lipinski definition) is 2. The van der Waals surface area contributed by atoms with Gasteiger partial charge >= 0.3 is 6.03 Å². The molecule has 4 fully saturated rings. The summed E-state index contributed by atoms with van der Waals surface area (Å²) in [7, 11) is 1.74. The van der Waals surface area contributed by atoms with Gasteiger partial charge in [-0.05, 0) is 64.0 Å². The van der Waals surface area contributed by atoms with E-state index >= 15 is 0 Å². The molecule has 4 saturated heterocycles. The summed E-state index contributed by atoms with van der Waals surface area (Å²) in [6, 6.07) is 1.20. The van der Waals surface area contributed by atoms with E-state index in [1.54, 1.807) is 7.11 Å². The second-order valence-electron chi connectivity index (χ2n) is 10.1. The highest BCUT2D eigenvalue weighted by Gasteiger charge is 2.42. The molecular weight excluding hydrogens is 424 g/mol. The second-order valence-corrected chi connectivity index (χ2v) is 11.3. The number of fused-ring (bicyclic) bond motifs is 2. The van der Waals surface area contributed by atoms with Crippen LogP contribution in [0.5, 0.6) is 0 Å². The highest BCUT2D eigenvalue weighted by molar-refractivity contribution is 8.00. The molecule has 0 bridgehead atoms. The van der Waals surface area contributed by atoms with E-state index in [1.165, 1.54) is 45.2 Å². The van der Waals surface area contributed by atoms with Gasteiger partial charge in [0.25, 0.3) is 0 Å². The Labute approximate surface area is 197 Å². The molecule has 2 N–H and O–H groups in total. The Kier molecular flexibility index (Phi) is 9.00. The Morgan fingerprint density at radius 1 is 1.16 bits per heavy atom. The van der Waals surface area contributed by atoms with Crippen LogP contribution in [0.2, 0.25) is 0 Å². The molecule has 7 nitrogen and oxygen atoms in total. The second kappa shape index (κ2) is 11.9. The minimum Gasteiger partial charge on any atom is -0.385 e. The van der Waals surface area contributed by atoms with Gasteiger partial charge in [0, 0.05) is 50.3 Å². The Hall–Kier alpha value is -0.990. The number of methoxy groups -OCH3 is 1. The normalized spacial score (nSPS) is 32.2. The zero-order valence-electron chi connectivity index (χ0n) is 19.7. The zero-order valence-corrected chi connectivity index (χ0v) is 20.5. The molecule has 0 aliphatic carbocycles. The summed E-state index contributed by atoms with van der Waals surface area (Å²) in [5, 5.41) is 6.55. The van der Waals surface area contributed by atoms with Crippen LogP contribution in [0.25, 0.3) is 0 Å². The molecule has 3 amide bonds. The van der Waals surface area contributed by atoms with Gasteiger partial charge in [0.1, 0.15) is 0 Å². The smallest absolute Gasteiger partial charge is 0.315 e. The lowest BCUT2D eigenvalue weighted by atomic mass is 9.83. The van der Waals surface area contributed by atoms with Crippen molar-refractivity contribution >= 4 is 23.7 Å². The maximum Gasteiger partial charge on any atom is 0.315 e. The minimum absolute atomic E-state index is 0.0218. The van der Waals surface area contributed by atoms with Gasteiger partial charge in [-0.25, -0.2) is 4.79 Å². The van der Waals surface area contributed by atoms with Crippen LogP contribution in [0.3, 0.4) is 0 Å². The van der Waals surface area contributed by atoms with Gasteiger partial charge in [0.2, 0.25) is 5.91 Å². The van der Waals surface area contributed by atoms with Gasteiger partial charge in [-0.15, -0.1) is 0 Å². The predicted octanol–water partition coefficient (Wildman–Crippen LogP) is 2.84. The predicted molar refractivity (Wildman–Crippen MR) is 129 cm³/mol. The van der Waals surface area contributed by atoms with E-state index in [2.05, 4.69) is 20.4 Å². The molecular formula is C24H42N4O3S. The van der Waals surface area contributed by atoms with Gasteiger partial charge in [-0.2, -0.15) is 11.8 Å². The third kappa shape index (κ3) is 6.11. The van der Waals surface area contributed by atoms with Crippen molar-refractivity contribution in [3.63, 3.8) is 0 Å². The van der Waals surface area contributed by atoms with Crippen LogP contribution in [0.15, 0.2) is 0 Å². The largest absolute Gasteiger partial charge is 0.385 e. The molecule has 0 saturated carbocycles. The van der Waals surface area contributed by atoms with Crippen molar-refractivity contribution in [2.45, 2.75) is 87.6 Å². The Balaban J connectivity index is 1.23. The topological polar surface area (TPSA) is 73.9 Å². The molecule has 8 heteroatoms. The fourth-order valence-corrected chi connectivity index (χ4v) is 7.76. The first kappa shape index (κ1) is 24.1. The Morgan fingerprint density at radius 3 is 2.91 bits per heavy atom. The van der Waals surface area contributed by atoms with Crippen molar-refractivity contribution in [2.75, 3.05) is 45.6 Å². The molecule has 4 heterocycles. The first-order valence-electron chi connectivity index (χ1n) is 12.8. The fourth-order valence-electron chi connectivity index (χ4n) is 6.21. The minimum atomic E-state index is -0.0218. The number of carbonyl (C=O) groups excluding carboxylic acids is 2. The average Bonchev–Trinajstić information content (AvgIpc) is 3.35. The quantitative estimate of drug-likeness (QED) is 0.362. The van der Waals surface area contributed by atoms with E-state index in [1.807, 2.05) is 11.8 Å². The number of hydrogen-bond acceptors (Lipinski definition) is 5. The van der Waals surface area contributed by atoms with Crippen LogP contribution in [0.4, 0.5) is 4.79 Å². The summed E-state index contributed by atoms with van der Waals surface area (Å²) < 4.78 is 5.26. The van der Waals surface area contributed by atoms with Gasteiger partial charge in [-0.3, -0.25) is 4.79 Å². The molecule has 0 aromatic heterocycles.